The molecule has 0 saturated heterocycles. The maximum Gasteiger partial charge on any atom is 0.105 e. The van der Waals surface area contributed by atoms with Crippen molar-refractivity contribution in [2.24, 2.45) is 0 Å². The minimum absolute atomic E-state index is 0.357. The molecule has 0 heterocycles. The van der Waals surface area contributed by atoms with Crippen molar-refractivity contribution < 1.29 is 0 Å². The molecule has 0 spiro atoms. The van der Waals surface area contributed by atoms with Gasteiger partial charge >= 0.3 is 0 Å². The smallest absolute Gasteiger partial charge is 0.105 e. The highest BCUT2D eigenvalue weighted by Crippen LogP contribution is 2.32. The van der Waals surface area contributed by atoms with Gasteiger partial charge in [0, 0.05) is 20.3 Å². The van der Waals surface area contributed by atoms with E-state index < -0.39 is 0 Å². The number of allylic oxidation sites excluding steroid dienone is 6. The maximum absolute atomic E-state index is 8.82. The zero-order valence-electron chi connectivity index (χ0n) is 14.9. The molecule has 0 atom stereocenters. The first-order chi connectivity index (χ1) is 11.1. The normalized spacial score (nSPS) is 15.4. The zero-order valence-corrected chi connectivity index (χ0v) is 14.9. The minimum Gasteiger partial charge on any atom is -0.386 e. The van der Waals surface area contributed by atoms with Crippen molar-refractivity contribution in [2.45, 2.75) is 39.5 Å². The lowest BCUT2D eigenvalue weighted by Gasteiger charge is -2.22. The fourth-order valence-corrected chi connectivity index (χ4v) is 2.79. The average molecular weight is 311 g/mol. The van der Waals surface area contributed by atoms with Crippen LogP contribution in [-0.4, -0.2) is 25.5 Å². The van der Waals surface area contributed by atoms with Gasteiger partial charge in [0.1, 0.15) is 6.54 Å². The molecule has 3 heteroatoms. The van der Waals surface area contributed by atoms with Gasteiger partial charge in [-0.05, 0) is 42.9 Å². The van der Waals surface area contributed by atoms with Crippen LogP contribution >= 0.6 is 0 Å². The van der Waals surface area contributed by atoms with Crippen molar-refractivity contribution in [2.75, 3.05) is 20.6 Å². The highest BCUT2D eigenvalue weighted by atomic mass is 15.1. The molecule has 0 saturated carbocycles. The molecule has 0 aromatic carbocycles. The second-order valence-corrected chi connectivity index (χ2v) is 5.84. The third-order valence-corrected chi connectivity index (χ3v) is 3.94. The Morgan fingerprint density at radius 1 is 1.48 bits per heavy atom. The molecule has 0 fully saturated rings. The number of rotatable bonds is 8. The lowest BCUT2D eigenvalue weighted by molar-refractivity contribution is 0.508. The first kappa shape index (κ1) is 18.8. The lowest BCUT2D eigenvalue weighted by Crippen LogP contribution is -2.18. The third kappa shape index (κ3) is 5.49. The van der Waals surface area contributed by atoms with E-state index in [2.05, 4.69) is 43.1 Å². The minimum atomic E-state index is 0.357. The Balaban J connectivity index is 3.19. The number of nitrogens with one attached hydrogen (secondary N) is 1. The van der Waals surface area contributed by atoms with Crippen molar-refractivity contribution >= 4 is 0 Å². The molecule has 0 unspecified atom stereocenters. The van der Waals surface area contributed by atoms with Gasteiger partial charge in [-0.15, -0.1) is 0 Å². The largest absolute Gasteiger partial charge is 0.386 e. The van der Waals surface area contributed by atoms with Crippen molar-refractivity contribution in [1.29, 1.82) is 5.26 Å². The van der Waals surface area contributed by atoms with Gasteiger partial charge in [-0.3, -0.25) is 0 Å². The van der Waals surface area contributed by atoms with Crippen LogP contribution in [0.25, 0.3) is 0 Å². The summed E-state index contributed by atoms with van der Waals surface area (Å²) in [6, 6.07) is 2.16. The predicted molar refractivity (Wildman–Crippen MR) is 98.6 cm³/mol. The van der Waals surface area contributed by atoms with Gasteiger partial charge in [0.05, 0.1) is 11.8 Å². The van der Waals surface area contributed by atoms with E-state index in [-0.39, 0.29) is 0 Å². The SMILES string of the molecule is C=C(C1=C(/C=C\C)CCC(CCC)=C1)/C(=C\N(C)CC#N)NC. The van der Waals surface area contributed by atoms with Gasteiger partial charge < -0.3 is 10.2 Å². The van der Waals surface area contributed by atoms with Crippen LogP contribution in [0.1, 0.15) is 39.5 Å². The number of hydrogen-bond donors (Lipinski definition) is 1. The van der Waals surface area contributed by atoms with E-state index in [0.29, 0.717) is 6.54 Å². The van der Waals surface area contributed by atoms with Crippen LogP contribution in [0.15, 0.2) is 59.0 Å². The summed E-state index contributed by atoms with van der Waals surface area (Å²) < 4.78 is 0. The number of nitrogens with zero attached hydrogens (tertiary/aromatic N) is 2. The first-order valence-electron chi connectivity index (χ1n) is 8.29. The molecule has 23 heavy (non-hydrogen) atoms. The average Bonchev–Trinajstić information content (AvgIpc) is 2.54. The van der Waals surface area contributed by atoms with E-state index in [1.807, 2.05) is 32.1 Å². The Hall–Kier alpha value is -2.21. The molecule has 0 amide bonds. The lowest BCUT2D eigenvalue weighted by atomic mass is 9.86. The van der Waals surface area contributed by atoms with Crippen LogP contribution in [0.3, 0.4) is 0 Å². The summed E-state index contributed by atoms with van der Waals surface area (Å²) in [5.41, 5.74) is 5.98. The molecule has 1 aliphatic rings. The van der Waals surface area contributed by atoms with E-state index in [9.17, 15) is 0 Å². The van der Waals surface area contributed by atoms with Crippen LogP contribution in [0.4, 0.5) is 0 Å². The van der Waals surface area contributed by atoms with E-state index in [1.54, 1.807) is 0 Å². The van der Waals surface area contributed by atoms with Gasteiger partial charge in [-0.2, -0.15) is 5.26 Å². The van der Waals surface area contributed by atoms with Gasteiger partial charge in [0.25, 0.3) is 0 Å². The monoisotopic (exact) mass is 311 g/mol. The summed E-state index contributed by atoms with van der Waals surface area (Å²) in [6.45, 7) is 8.94. The maximum atomic E-state index is 8.82. The summed E-state index contributed by atoms with van der Waals surface area (Å²) in [4.78, 5) is 1.87. The molecule has 1 N–H and O–H groups in total. The summed E-state index contributed by atoms with van der Waals surface area (Å²) in [7, 11) is 3.79. The third-order valence-electron chi connectivity index (χ3n) is 3.94. The standard InChI is InChI=1S/C20H29N3/c1-6-8-17-10-11-18(9-7-2)19(14-17)16(3)20(22-4)15-23(5)13-12-21/h7,9,14-15,22H,3,6,8,10-11,13H2,1-2,4-5H3/b9-7-,20-15+. The predicted octanol–water partition coefficient (Wildman–Crippen LogP) is 4.45. The Morgan fingerprint density at radius 2 is 2.22 bits per heavy atom. The molecule has 1 aliphatic carbocycles. The Labute approximate surface area is 141 Å². The van der Waals surface area contributed by atoms with Gasteiger partial charge in [-0.25, -0.2) is 0 Å². The van der Waals surface area contributed by atoms with Crippen molar-refractivity contribution in [3.63, 3.8) is 0 Å². The molecule has 0 radical (unpaired) electrons. The van der Waals surface area contributed by atoms with Crippen LogP contribution in [0, 0.1) is 11.3 Å². The van der Waals surface area contributed by atoms with E-state index in [4.69, 9.17) is 5.26 Å². The molecule has 0 aliphatic heterocycles. The molecule has 1 rings (SSSR count). The summed E-state index contributed by atoms with van der Waals surface area (Å²) in [6.07, 6.45) is 13.1. The summed E-state index contributed by atoms with van der Waals surface area (Å²) >= 11 is 0. The quantitative estimate of drug-likeness (QED) is 0.531. The van der Waals surface area contributed by atoms with Crippen LogP contribution in [0.5, 0.6) is 0 Å². The summed E-state index contributed by atoms with van der Waals surface area (Å²) in [5, 5.41) is 12.0. The summed E-state index contributed by atoms with van der Waals surface area (Å²) in [5.74, 6) is 0. The number of hydrogen-bond acceptors (Lipinski definition) is 3. The van der Waals surface area contributed by atoms with Crippen LogP contribution < -0.4 is 5.32 Å². The fraction of sp³-hybridized carbons (Fsp3) is 0.450. The second kappa shape index (κ2) is 9.74. The molecular formula is C20H29N3. The van der Waals surface area contributed by atoms with E-state index in [0.717, 1.165) is 30.5 Å². The molecule has 124 valence electrons. The van der Waals surface area contributed by atoms with Crippen molar-refractivity contribution in [3.05, 3.63) is 59.0 Å². The molecule has 0 aromatic rings. The molecule has 3 nitrogen and oxygen atoms in total. The molecular weight excluding hydrogens is 282 g/mol. The topological polar surface area (TPSA) is 39.1 Å². The Kier molecular flexibility index (Phi) is 7.97. The highest BCUT2D eigenvalue weighted by Gasteiger charge is 2.16. The van der Waals surface area contributed by atoms with Gasteiger partial charge in [0.15, 0.2) is 0 Å². The zero-order chi connectivity index (χ0) is 17.2. The number of likely N-dealkylation sites (N-methyl/N-ethyl adjacent to an activating group) is 1. The van der Waals surface area contributed by atoms with E-state index in [1.165, 1.54) is 23.1 Å². The Morgan fingerprint density at radius 3 is 2.78 bits per heavy atom. The van der Waals surface area contributed by atoms with Crippen LogP contribution in [-0.2, 0) is 0 Å². The van der Waals surface area contributed by atoms with Gasteiger partial charge in [-0.1, -0.05) is 43.7 Å². The molecule has 0 aromatic heterocycles. The van der Waals surface area contributed by atoms with E-state index >= 15 is 0 Å². The second-order valence-electron chi connectivity index (χ2n) is 5.84. The Bertz CT molecular complexity index is 582. The van der Waals surface area contributed by atoms with Crippen molar-refractivity contribution in [1.82, 2.24) is 10.2 Å². The number of nitriles is 1. The highest BCUT2D eigenvalue weighted by molar-refractivity contribution is 5.56. The molecule has 0 bridgehead atoms. The van der Waals surface area contributed by atoms with Gasteiger partial charge in [0.2, 0.25) is 0 Å². The first-order valence-corrected chi connectivity index (χ1v) is 8.29. The van der Waals surface area contributed by atoms with Crippen molar-refractivity contribution in [3.8, 4) is 6.07 Å². The van der Waals surface area contributed by atoms with Crippen LogP contribution in [0.2, 0.25) is 0 Å². The fourth-order valence-electron chi connectivity index (χ4n) is 2.79.